The fraction of sp³-hybridized carbons (Fsp3) is 0.526. The van der Waals surface area contributed by atoms with E-state index in [4.69, 9.17) is 5.73 Å². The lowest BCUT2D eigenvalue weighted by Gasteiger charge is -2.33. The number of alkyl halides is 3. The van der Waals surface area contributed by atoms with Crippen LogP contribution < -0.4 is 10.6 Å². The third-order valence-electron chi connectivity index (χ3n) is 5.71. The van der Waals surface area contributed by atoms with Crippen molar-refractivity contribution in [2.75, 3.05) is 31.6 Å². The van der Waals surface area contributed by atoms with Crippen molar-refractivity contribution in [2.45, 2.75) is 38.0 Å². The first-order valence-electron chi connectivity index (χ1n) is 9.61. The summed E-state index contributed by atoms with van der Waals surface area (Å²) in [5.41, 5.74) is 6.57. The second-order valence-electron chi connectivity index (χ2n) is 7.66. The Bertz CT molecular complexity index is 917. The van der Waals surface area contributed by atoms with Crippen molar-refractivity contribution >= 4 is 11.7 Å². The Balaban J connectivity index is 1.70. The van der Waals surface area contributed by atoms with Gasteiger partial charge in [0.25, 0.3) is 5.91 Å². The van der Waals surface area contributed by atoms with Crippen LogP contribution in [0.25, 0.3) is 0 Å². The molecule has 2 aliphatic heterocycles. The van der Waals surface area contributed by atoms with E-state index in [1.807, 2.05) is 11.9 Å². The number of hydrogen-bond acceptors (Lipinski definition) is 5. The Hall–Kier alpha value is -2.62. The molecule has 7 nitrogen and oxygen atoms in total. The van der Waals surface area contributed by atoms with Gasteiger partial charge in [-0.2, -0.15) is 13.2 Å². The Morgan fingerprint density at radius 2 is 1.86 bits per heavy atom. The number of nitrogens with zero attached hydrogens (tertiary/aromatic N) is 5. The number of nitrogens with two attached hydrogens (primary N) is 1. The van der Waals surface area contributed by atoms with Gasteiger partial charge < -0.3 is 20.1 Å². The van der Waals surface area contributed by atoms with Gasteiger partial charge in [-0.15, -0.1) is 0 Å². The van der Waals surface area contributed by atoms with E-state index in [9.17, 15) is 18.0 Å². The van der Waals surface area contributed by atoms with Crippen LogP contribution in [0.5, 0.6) is 0 Å². The van der Waals surface area contributed by atoms with Crippen LogP contribution in [0.4, 0.5) is 19.0 Å². The summed E-state index contributed by atoms with van der Waals surface area (Å²) in [5, 5.41) is 0. The van der Waals surface area contributed by atoms with Gasteiger partial charge in [0.15, 0.2) is 0 Å². The summed E-state index contributed by atoms with van der Waals surface area (Å²) < 4.78 is 42.1. The molecule has 0 unspecified atom stereocenters. The number of carbonyl (C=O) groups is 1. The Labute approximate surface area is 166 Å². The maximum Gasteiger partial charge on any atom is 0.449 e. The molecule has 0 saturated carbocycles. The molecule has 0 bridgehead atoms. The molecule has 0 aliphatic carbocycles. The number of piperidine rings is 1. The number of hydrogen-bond donors (Lipinski definition) is 1. The Morgan fingerprint density at radius 1 is 1.14 bits per heavy atom. The van der Waals surface area contributed by atoms with E-state index >= 15 is 0 Å². The predicted octanol–water partition coefficient (Wildman–Crippen LogP) is 2.23. The van der Waals surface area contributed by atoms with E-state index in [0.29, 0.717) is 23.8 Å². The number of fused-ring (bicyclic) bond motifs is 1. The number of carbonyl (C=O) groups excluding carboxylic acids is 1. The molecule has 4 heterocycles. The number of anilines is 1. The number of likely N-dealkylation sites (tertiary alicyclic amines) is 1. The molecule has 29 heavy (non-hydrogen) atoms. The lowest BCUT2D eigenvalue weighted by atomic mass is 9.92. The Kier molecular flexibility index (Phi) is 4.97. The molecule has 0 aromatic carbocycles. The molecule has 2 aromatic heterocycles. The number of aromatic nitrogens is 3. The van der Waals surface area contributed by atoms with Gasteiger partial charge >= 0.3 is 6.18 Å². The van der Waals surface area contributed by atoms with Gasteiger partial charge in [0.1, 0.15) is 11.5 Å². The monoisotopic (exact) mass is 408 g/mol. The zero-order valence-electron chi connectivity index (χ0n) is 16.1. The summed E-state index contributed by atoms with van der Waals surface area (Å²) in [4.78, 5) is 23.8. The van der Waals surface area contributed by atoms with Gasteiger partial charge in [-0.05, 0) is 45.1 Å². The molecule has 1 amide bonds. The fourth-order valence-corrected chi connectivity index (χ4v) is 4.15. The molecule has 0 atom stereocenters. The highest BCUT2D eigenvalue weighted by Gasteiger charge is 2.41. The minimum Gasteiger partial charge on any atom is -0.364 e. The third-order valence-corrected chi connectivity index (χ3v) is 5.71. The highest BCUT2D eigenvalue weighted by Crippen LogP contribution is 2.37. The highest BCUT2D eigenvalue weighted by molar-refractivity contribution is 5.91. The average Bonchev–Trinajstić information content (AvgIpc) is 3.08. The fourth-order valence-electron chi connectivity index (χ4n) is 4.15. The first-order chi connectivity index (χ1) is 13.7. The smallest absolute Gasteiger partial charge is 0.364 e. The largest absolute Gasteiger partial charge is 0.449 e. The summed E-state index contributed by atoms with van der Waals surface area (Å²) in [6.07, 6.45) is -2.93. The number of amides is 1. The zero-order chi connectivity index (χ0) is 20.8. The summed E-state index contributed by atoms with van der Waals surface area (Å²) in [7, 11) is 2.01. The van der Waals surface area contributed by atoms with Gasteiger partial charge in [0, 0.05) is 19.0 Å². The van der Waals surface area contributed by atoms with Gasteiger partial charge in [-0.3, -0.25) is 4.79 Å². The molecule has 2 N–H and O–H groups in total. The normalized spacial score (nSPS) is 18.7. The molecule has 2 aromatic rings. The van der Waals surface area contributed by atoms with E-state index in [0.717, 1.165) is 25.9 Å². The van der Waals surface area contributed by atoms with E-state index in [2.05, 4.69) is 14.9 Å². The third kappa shape index (κ3) is 3.81. The van der Waals surface area contributed by atoms with Crippen LogP contribution in [0.3, 0.4) is 0 Å². The van der Waals surface area contributed by atoms with E-state index in [1.54, 1.807) is 12.1 Å². The summed E-state index contributed by atoms with van der Waals surface area (Å²) in [6.45, 7) is 2.44. The zero-order valence-corrected chi connectivity index (χ0v) is 16.1. The SMILES string of the molecule is CN1CCC(c2nc(C(F)(F)F)n3c2CN(c2cccc(C(N)=O)n2)CC3)CC1. The van der Waals surface area contributed by atoms with Crippen LogP contribution in [-0.2, 0) is 19.3 Å². The number of primary amides is 1. The van der Waals surface area contributed by atoms with Gasteiger partial charge in [0.2, 0.25) is 5.82 Å². The first kappa shape index (κ1) is 19.7. The van der Waals surface area contributed by atoms with E-state index in [1.165, 1.54) is 10.6 Å². The number of imidazole rings is 1. The molecule has 0 radical (unpaired) electrons. The van der Waals surface area contributed by atoms with Crippen LogP contribution in [0.2, 0.25) is 0 Å². The van der Waals surface area contributed by atoms with Crippen LogP contribution in [-0.4, -0.2) is 52.0 Å². The second-order valence-corrected chi connectivity index (χ2v) is 7.66. The number of halogens is 3. The van der Waals surface area contributed by atoms with E-state index < -0.39 is 17.9 Å². The average molecular weight is 408 g/mol. The predicted molar refractivity (Wildman–Crippen MR) is 101 cm³/mol. The second kappa shape index (κ2) is 7.33. The maximum atomic E-state index is 13.6. The molecule has 1 saturated heterocycles. The minimum absolute atomic E-state index is 0.00779. The highest BCUT2D eigenvalue weighted by atomic mass is 19.4. The summed E-state index contributed by atoms with van der Waals surface area (Å²) >= 11 is 0. The van der Waals surface area contributed by atoms with Crippen LogP contribution >= 0.6 is 0 Å². The molecule has 4 rings (SSSR count). The van der Waals surface area contributed by atoms with E-state index in [-0.39, 0.29) is 24.7 Å². The minimum atomic E-state index is -4.50. The number of rotatable bonds is 3. The van der Waals surface area contributed by atoms with Gasteiger partial charge in [0.05, 0.1) is 17.9 Å². The lowest BCUT2D eigenvalue weighted by molar-refractivity contribution is -0.147. The van der Waals surface area contributed by atoms with Crippen LogP contribution in [0.15, 0.2) is 18.2 Å². The molecule has 10 heteroatoms. The van der Waals surface area contributed by atoms with Crippen molar-refractivity contribution in [3.8, 4) is 0 Å². The van der Waals surface area contributed by atoms with Crippen molar-refractivity contribution in [3.63, 3.8) is 0 Å². The maximum absolute atomic E-state index is 13.6. The quantitative estimate of drug-likeness (QED) is 0.843. The van der Waals surface area contributed by atoms with Gasteiger partial charge in [-0.1, -0.05) is 6.07 Å². The standard InChI is InChI=1S/C19H23F3N6O/c1-26-7-5-12(6-8-26)16-14-11-27(15-4-2-3-13(24-15)17(23)29)9-10-28(14)18(25-16)19(20,21)22/h2-4,12H,5-11H2,1H3,(H2,23,29). The van der Waals surface area contributed by atoms with Crippen molar-refractivity contribution < 1.29 is 18.0 Å². The molecule has 156 valence electrons. The summed E-state index contributed by atoms with van der Waals surface area (Å²) in [6, 6.07) is 4.93. The van der Waals surface area contributed by atoms with Crippen molar-refractivity contribution in [1.82, 2.24) is 19.4 Å². The molecule has 2 aliphatic rings. The molecular weight excluding hydrogens is 385 g/mol. The molecule has 0 spiro atoms. The molecular formula is C19H23F3N6O. The van der Waals surface area contributed by atoms with Crippen LogP contribution in [0, 0.1) is 0 Å². The van der Waals surface area contributed by atoms with Crippen molar-refractivity contribution in [3.05, 3.63) is 41.1 Å². The first-order valence-corrected chi connectivity index (χ1v) is 9.61. The topological polar surface area (TPSA) is 80.3 Å². The Morgan fingerprint density at radius 3 is 2.52 bits per heavy atom. The number of pyridine rings is 1. The lowest BCUT2D eigenvalue weighted by Crippen LogP contribution is -2.36. The van der Waals surface area contributed by atoms with Gasteiger partial charge in [-0.25, -0.2) is 9.97 Å². The van der Waals surface area contributed by atoms with Crippen molar-refractivity contribution in [1.29, 1.82) is 0 Å². The van der Waals surface area contributed by atoms with Crippen molar-refractivity contribution in [2.24, 2.45) is 5.73 Å². The summed E-state index contributed by atoms with van der Waals surface area (Å²) in [5.74, 6) is -0.926. The van der Waals surface area contributed by atoms with Crippen LogP contribution in [0.1, 0.15) is 46.5 Å². The molecule has 1 fully saturated rings.